The number of nitrogen functional groups attached to an aromatic ring is 1. The molecule has 0 unspecified atom stereocenters. The van der Waals surface area contributed by atoms with Crippen LogP contribution in [0.1, 0.15) is 11.8 Å². The van der Waals surface area contributed by atoms with Gasteiger partial charge < -0.3 is 10.6 Å². The number of carbonyl (C=O) groups is 1. The average Bonchev–Trinajstić information content (AvgIpc) is 2.97. The number of carbonyl (C=O) groups excluding carboxylic acids is 1. The van der Waals surface area contributed by atoms with Crippen molar-refractivity contribution >= 4 is 23.2 Å². The van der Waals surface area contributed by atoms with Crippen LogP contribution in [0.3, 0.4) is 0 Å². The summed E-state index contributed by atoms with van der Waals surface area (Å²) in [6.07, 6.45) is 1.46. The number of aromatic nitrogens is 3. The van der Waals surface area contributed by atoms with E-state index in [9.17, 15) is 4.79 Å². The van der Waals surface area contributed by atoms with Gasteiger partial charge in [0.25, 0.3) is 0 Å². The highest BCUT2D eigenvalue weighted by Gasteiger charge is 2.13. The number of anilines is 1. The smallest absolute Gasteiger partial charge is 0.244 e. The molecule has 0 radical (unpaired) electrons. The molecule has 0 aromatic carbocycles. The van der Waals surface area contributed by atoms with Gasteiger partial charge in [-0.2, -0.15) is 0 Å². The molecule has 0 bridgehead atoms. The first-order chi connectivity index (χ1) is 8.69. The minimum atomic E-state index is 0.0100. The zero-order valence-electron chi connectivity index (χ0n) is 10.1. The van der Waals surface area contributed by atoms with Gasteiger partial charge in [0, 0.05) is 11.4 Å². The molecule has 2 rings (SSSR count). The molecule has 0 aliphatic carbocycles. The fourth-order valence-corrected chi connectivity index (χ4v) is 2.31. The zero-order valence-corrected chi connectivity index (χ0v) is 10.9. The second-order valence-corrected chi connectivity index (χ2v) is 4.82. The highest BCUT2D eigenvalue weighted by atomic mass is 32.1. The van der Waals surface area contributed by atoms with Crippen molar-refractivity contribution in [3.05, 3.63) is 28.7 Å². The van der Waals surface area contributed by atoms with Crippen molar-refractivity contribution in [1.82, 2.24) is 19.7 Å². The third-order valence-electron chi connectivity index (χ3n) is 2.51. The maximum Gasteiger partial charge on any atom is 0.244 e. The van der Waals surface area contributed by atoms with E-state index in [2.05, 4.69) is 10.1 Å². The Labute approximate surface area is 109 Å². The summed E-state index contributed by atoms with van der Waals surface area (Å²) in [5.41, 5.74) is 5.41. The molecule has 0 aliphatic heterocycles. The molecule has 0 spiro atoms. The quantitative estimate of drug-likeness (QED) is 0.874. The maximum absolute atomic E-state index is 12.1. The van der Waals surface area contributed by atoms with Gasteiger partial charge in [0.05, 0.1) is 6.54 Å². The SMILES string of the molecule is CCN(Cc1cccs1)C(=O)Cn1cnc(N)n1. The third kappa shape index (κ3) is 3.07. The van der Waals surface area contributed by atoms with Crippen molar-refractivity contribution in [3.63, 3.8) is 0 Å². The van der Waals surface area contributed by atoms with Crippen LogP contribution in [-0.4, -0.2) is 32.1 Å². The molecule has 2 heterocycles. The molecule has 2 aromatic heterocycles. The molecule has 0 atom stereocenters. The lowest BCUT2D eigenvalue weighted by atomic mass is 10.4. The maximum atomic E-state index is 12.1. The van der Waals surface area contributed by atoms with Crippen molar-refractivity contribution in [2.24, 2.45) is 0 Å². The van der Waals surface area contributed by atoms with E-state index < -0.39 is 0 Å². The first-order valence-corrected chi connectivity index (χ1v) is 6.52. The van der Waals surface area contributed by atoms with E-state index in [0.717, 1.165) is 0 Å². The van der Waals surface area contributed by atoms with Gasteiger partial charge in [0.2, 0.25) is 11.9 Å². The van der Waals surface area contributed by atoms with Crippen LogP contribution in [0.15, 0.2) is 23.8 Å². The lowest BCUT2D eigenvalue weighted by Gasteiger charge is -2.19. The van der Waals surface area contributed by atoms with Gasteiger partial charge in [-0.15, -0.1) is 16.4 Å². The second kappa shape index (κ2) is 5.63. The zero-order chi connectivity index (χ0) is 13.0. The summed E-state index contributed by atoms with van der Waals surface area (Å²) in [5, 5.41) is 5.91. The van der Waals surface area contributed by atoms with Crippen LogP contribution in [-0.2, 0) is 17.9 Å². The standard InChI is InChI=1S/C11H15N5OS/c1-2-15(6-9-4-3-5-18-9)10(17)7-16-8-13-11(12)14-16/h3-5,8H,2,6-7H2,1H3,(H2,12,14). The lowest BCUT2D eigenvalue weighted by Crippen LogP contribution is -2.33. The van der Waals surface area contributed by atoms with Crippen LogP contribution in [0.25, 0.3) is 0 Å². The molecule has 1 amide bonds. The summed E-state index contributed by atoms with van der Waals surface area (Å²) < 4.78 is 1.45. The largest absolute Gasteiger partial charge is 0.367 e. The molecule has 18 heavy (non-hydrogen) atoms. The fraction of sp³-hybridized carbons (Fsp3) is 0.364. The Morgan fingerprint density at radius 3 is 3.00 bits per heavy atom. The monoisotopic (exact) mass is 265 g/mol. The number of likely N-dealkylation sites (N-methyl/N-ethyl adjacent to an activating group) is 1. The van der Waals surface area contributed by atoms with E-state index in [4.69, 9.17) is 5.73 Å². The van der Waals surface area contributed by atoms with E-state index in [1.165, 1.54) is 15.9 Å². The van der Waals surface area contributed by atoms with Crippen LogP contribution in [0.4, 0.5) is 5.95 Å². The molecular formula is C11H15N5OS. The molecule has 0 fully saturated rings. The number of amides is 1. The van der Waals surface area contributed by atoms with Gasteiger partial charge in [0.1, 0.15) is 12.9 Å². The molecule has 0 saturated carbocycles. The Bertz CT molecular complexity index is 507. The number of rotatable bonds is 5. The van der Waals surface area contributed by atoms with Gasteiger partial charge in [-0.05, 0) is 18.4 Å². The molecule has 6 nitrogen and oxygen atoms in total. The minimum absolute atomic E-state index is 0.0100. The summed E-state index contributed by atoms with van der Waals surface area (Å²) >= 11 is 1.65. The normalized spacial score (nSPS) is 10.5. The first-order valence-electron chi connectivity index (χ1n) is 5.64. The number of hydrogen-bond donors (Lipinski definition) is 1. The minimum Gasteiger partial charge on any atom is -0.367 e. The Hall–Kier alpha value is -1.89. The molecule has 2 N–H and O–H groups in total. The number of thiophene rings is 1. The van der Waals surface area contributed by atoms with Crippen LogP contribution in [0.2, 0.25) is 0 Å². The summed E-state index contributed by atoms with van der Waals surface area (Å²) in [5.74, 6) is 0.194. The summed E-state index contributed by atoms with van der Waals surface area (Å²) in [7, 11) is 0. The van der Waals surface area contributed by atoms with Crippen molar-refractivity contribution in [2.45, 2.75) is 20.0 Å². The molecule has 2 aromatic rings. The van der Waals surface area contributed by atoms with Crippen LogP contribution < -0.4 is 5.73 Å². The van der Waals surface area contributed by atoms with Crippen LogP contribution >= 0.6 is 11.3 Å². The summed E-state index contributed by atoms with van der Waals surface area (Å²) in [6.45, 7) is 3.43. The van der Waals surface area contributed by atoms with E-state index in [1.54, 1.807) is 16.2 Å². The highest BCUT2D eigenvalue weighted by molar-refractivity contribution is 7.09. The highest BCUT2D eigenvalue weighted by Crippen LogP contribution is 2.12. The average molecular weight is 265 g/mol. The van der Waals surface area contributed by atoms with Gasteiger partial charge in [-0.1, -0.05) is 6.07 Å². The lowest BCUT2D eigenvalue weighted by molar-refractivity contribution is -0.132. The number of hydrogen-bond acceptors (Lipinski definition) is 5. The molecular weight excluding hydrogens is 250 g/mol. The van der Waals surface area contributed by atoms with Crippen molar-refractivity contribution in [2.75, 3.05) is 12.3 Å². The number of nitrogens with two attached hydrogens (primary N) is 1. The Morgan fingerprint density at radius 1 is 1.61 bits per heavy atom. The first kappa shape index (κ1) is 12.6. The second-order valence-electron chi connectivity index (χ2n) is 3.79. The summed E-state index contributed by atoms with van der Waals surface area (Å²) in [6, 6.07) is 4.00. The van der Waals surface area contributed by atoms with Crippen LogP contribution in [0.5, 0.6) is 0 Å². The van der Waals surface area contributed by atoms with E-state index >= 15 is 0 Å². The van der Waals surface area contributed by atoms with E-state index in [1.807, 2.05) is 24.4 Å². The Morgan fingerprint density at radius 2 is 2.44 bits per heavy atom. The van der Waals surface area contributed by atoms with Crippen molar-refractivity contribution < 1.29 is 4.79 Å². The molecule has 0 aliphatic rings. The van der Waals surface area contributed by atoms with Gasteiger partial charge in [0.15, 0.2) is 0 Å². The van der Waals surface area contributed by atoms with Gasteiger partial charge in [-0.25, -0.2) is 9.67 Å². The van der Waals surface area contributed by atoms with Gasteiger partial charge in [-0.3, -0.25) is 4.79 Å². The third-order valence-corrected chi connectivity index (χ3v) is 3.37. The van der Waals surface area contributed by atoms with Crippen LogP contribution in [0, 0.1) is 0 Å². The molecule has 0 saturated heterocycles. The van der Waals surface area contributed by atoms with E-state index in [0.29, 0.717) is 13.1 Å². The van der Waals surface area contributed by atoms with E-state index in [-0.39, 0.29) is 18.4 Å². The van der Waals surface area contributed by atoms with Crippen molar-refractivity contribution in [3.8, 4) is 0 Å². The van der Waals surface area contributed by atoms with Crippen molar-refractivity contribution in [1.29, 1.82) is 0 Å². The predicted octanol–water partition coefficient (Wildman–Crippen LogP) is 0.970. The number of nitrogens with zero attached hydrogens (tertiary/aromatic N) is 4. The molecule has 96 valence electrons. The summed E-state index contributed by atoms with van der Waals surface area (Å²) in [4.78, 5) is 18.8. The Balaban J connectivity index is 1.97. The predicted molar refractivity (Wildman–Crippen MR) is 69.8 cm³/mol. The van der Waals surface area contributed by atoms with Gasteiger partial charge >= 0.3 is 0 Å². The Kier molecular flexibility index (Phi) is 3.93. The fourth-order valence-electron chi connectivity index (χ4n) is 1.59. The topological polar surface area (TPSA) is 77.0 Å². The molecule has 7 heteroatoms.